The molecule has 142 valence electrons. The number of hydrogen-bond acceptors (Lipinski definition) is 3. The molecular weight excluding hydrogens is 359 g/mol. The quantitative estimate of drug-likeness (QED) is 0.779. The highest BCUT2D eigenvalue weighted by Gasteiger charge is 2.29. The number of nitrogens with one attached hydrogen (secondary N) is 1. The number of hydrogen-bond donors (Lipinski definition) is 2. The minimum Gasteiger partial charge on any atom is -0.345 e. The van der Waals surface area contributed by atoms with E-state index in [0.29, 0.717) is 6.42 Å². The molecule has 2 aromatic rings. The highest BCUT2D eigenvalue weighted by atomic mass is 35.5. The fraction of sp³-hybridized carbons (Fsp3) is 0.556. The molecule has 7 heteroatoms. The molecule has 2 atom stereocenters. The van der Waals surface area contributed by atoms with Crippen molar-refractivity contribution >= 4 is 41.8 Å². The maximum absolute atomic E-state index is 12.5. The van der Waals surface area contributed by atoms with E-state index in [4.69, 9.17) is 10.7 Å². The SMILES string of the molecule is CCCC(C)(N)C(=O)NC(C)c1nc2ccccc2n1C(C)C.Cl.Cl. The lowest BCUT2D eigenvalue weighted by Crippen LogP contribution is -2.52. The standard InChI is InChI=1S/C18H28N4O.2ClH/c1-6-11-18(5,19)17(23)20-13(4)16-21-14-9-7-8-10-15(14)22(16)12(2)3;;/h7-10,12-13H,6,11,19H2,1-5H3,(H,20,23);2*1H. The first-order valence-corrected chi connectivity index (χ1v) is 8.34. The first-order valence-electron chi connectivity index (χ1n) is 8.34. The number of aromatic nitrogens is 2. The lowest BCUT2D eigenvalue weighted by Gasteiger charge is -2.26. The largest absolute Gasteiger partial charge is 0.345 e. The average Bonchev–Trinajstić information content (AvgIpc) is 2.86. The number of halogens is 2. The first-order chi connectivity index (χ1) is 10.8. The monoisotopic (exact) mass is 388 g/mol. The molecule has 1 aromatic carbocycles. The third-order valence-corrected chi connectivity index (χ3v) is 4.16. The molecule has 1 aromatic heterocycles. The molecule has 0 spiro atoms. The van der Waals surface area contributed by atoms with Crippen LogP contribution in [-0.2, 0) is 4.79 Å². The van der Waals surface area contributed by atoms with E-state index in [-0.39, 0.29) is 42.8 Å². The zero-order chi connectivity index (χ0) is 17.2. The van der Waals surface area contributed by atoms with Crippen LogP contribution in [0.25, 0.3) is 11.0 Å². The summed E-state index contributed by atoms with van der Waals surface area (Å²) in [5.74, 6) is 0.732. The van der Waals surface area contributed by atoms with E-state index in [1.54, 1.807) is 6.92 Å². The summed E-state index contributed by atoms with van der Waals surface area (Å²) in [6, 6.07) is 8.11. The second-order valence-electron chi connectivity index (χ2n) is 6.79. The van der Waals surface area contributed by atoms with Gasteiger partial charge in [0.15, 0.2) is 0 Å². The Balaban J connectivity index is 0.00000288. The lowest BCUT2D eigenvalue weighted by atomic mass is 9.96. The van der Waals surface area contributed by atoms with Gasteiger partial charge in [-0.05, 0) is 46.2 Å². The summed E-state index contributed by atoms with van der Waals surface area (Å²) < 4.78 is 2.17. The van der Waals surface area contributed by atoms with Crippen LogP contribution in [0.4, 0.5) is 0 Å². The second kappa shape index (κ2) is 9.41. The van der Waals surface area contributed by atoms with Gasteiger partial charge in [-0.15, -0.1) is 24.8 Å². The van der Waals surface area contributed by atoms with Gasteiger partial charge in [-0.3, -0.25) is 4.79 Å². The second-order valence-corrected chi connectivity index (χ2v) is 6.79. The zero-order valence-electron chi connectivity index (χ0n) is 15.6. The Hall–Kier alpha value is -1.30. The molecular formula is C18H30Cl2N4O. The summed E-state index contributed by atoms with van der Waals surface area (Å²) >= 11 is 0. The number of para-hydroxylation sites is 2. The van der Waals surface area contributed by atoms with E-state index in [1.165, 1.54) is 0 Å². The molecule has 0 aliphatic rings. The zero-order valence-corrected chi connectivity index (χ0v) is 17.2. The normalized spacial score (nSPS) is 14.4. The third-order valence-electron chi connectivity index (χ3n) is 4.16. The van der Waals surface area contributed by atoms with Crippen LogP contribution in [0.1, 0.15) is 65.4 Å². The predicted molar refractivity (Wildman–Crippen MR) is 109 cm³/mol. The maximum atomic E-state index is 12.5. The van der Waals surface area contributed by atoms with Crippen molar-refractivity contribution in [2.75, 3.05) is 0 Å². The number of carbonyl (C=O) groups is 1. The average molecular weight is 389 g/mol. The Kier molecular flexibility index (Phi) is 8.92. The number of imidazole rings is 1. The molecule has 25 heavy (non-hydrogen) atoms. The molecule has 1 heterocycles. The minimum atomic E-state index is -0.850. The molecule has 0 saturated carbocycles. The number of nitrogens with zero attached hydrogens (tertiary/aromatic N) is 2. The molecule has 0 aliphatic carbocycles. The Labute approximate surface area is 162 Å². The van der Waals surface area contributed by atoms with Crippen LogP contribution in [0, 0.1) is 0 Å². The smallest absolute Gasteiger partial charge is 0.240 e. The summed E-state index contributed by atoms with van der Waals surface area (Å²) in [4.78, 5) is 17.2. The van der Waals surface area contributed by atoms with Crippen molar-refractivity contribution < 1.29 is 4.79 Å². The van der Waals surface area contributed by atoms with Crippen LogP contribution >= 0.6 is 24.8 Å². The molecule has 5 nitrogen and oxygen atoms in total. The van der Waals surface area contributed by atoms with Gasteiger partial charge >= 0.3 is 0 Å². The Morgan fingerprint density at radius 3 is 2.44 bits per heavy atom. The number of carbonyl (C=O) groups excluding carboxylic acids is 1. The van der Waals surface area contributed by atoms with Gasteiger partial charge in [0.25, 0.3) is 0 Å². The molecule has 2 rings (SSSR count). The van der Waals surface area contributed by atoms with Gasteiger partial charge in [0.1, 0.15) is 5.82 Å². The van der Waals surface area contributed by atoms with E-state index in [1.807, 2.05) is 32.0 Å². The number of benzene rings is 1. The van der Waals surface area contributed by atoms with Crippen molar-refractivity contribution in [3.05, 3.63) is 30.1 Å². The number of rotatable bonds is 6. The number of fused-ring (bicyclic) bond motifs is 1. The van der Waals surface area contributed by atoms with Gasteiger partial charge in [-0.25, -0.2) is 4.98 Å². The number of amides is 1. The van der Waals surface area contributed by atoms with Crippen LogP contribution in [0.15, 0.2) is 24.3 Å². The van der Waals surface area contributed by atoms with Crippen molar-refractivity contribution in [2.45, 2.75) is 65.1 Å². The van der Waals surface area contributed by atoms with Gasteiger partial charge < -0.3 is 15.6 Å². The summed E-state index contributed by atoms with van der Waals surface area (Å²) in [7, 11) is 0. The Bertz CT molecular complexity index is 697. The molecule has 3 N–H and O–H groups in total. The Morgan fingerprint density at radius 1 is 1.28 bits per heavy atom. The Morgan fingerprint density at radius 2 is 1.88 bits per heavy atom. The van der Waals surface area contributed by atoms with Gasteiger partial charge in [0.2, 0.25) is 5.91 Å². The summed E-state index contributed by atoms with van der Waals surface area (Å²) in [5, 5.41) is 3.03. The molecule has 0 bridgehead atoms. The fourth-order valence-corrected chi connectivity index (χ4v) is 2.97. The van der Waals surface area contributed by atoms with Crippen molar-refractivity contribution in [3.63, 3.8) is 0 Å². The fourth-order valence-electron chi connectivity index (χ4n) is 2.97. The summed E-state index contributed by atoms with van der Waals surface area (Å²) in [5.41, 5.74) is 7.31. The molecule has 0 aliphatic heterocycles. The van der Waals surface area contributed by atoms with Gasteiger partial charge in [-0.2, -0.15) is 0 Å². The molecule has 1 amide bonds. The van der Waals surface area contributed by atoms with Gasteiger partial charge in [0, 0.05) is 6.04 Å². The van der Waals surface area contributed by atoms with Gasteiger partial charge in [0.05, 0.1) is 22.6 Å². The van der Waals surface area contributed by atoms with E-state index in [9.17, 15) is 4.79 Å². The van der Waals surface area contributed by atoms with Gasteiger partial charge in [-0.1, -0.05) is 25.5 Å². The van der Waals surface area contributed by atoms with E-state index in [0.717, 1.165) is 23.3 Å². The first kappa shape index (κ1) is 23.7. The topological polar surface area (TPSA) is 72.9 Å². The van der Waals surface area contributed by atoms with Crippen LogP contribution in [-0.4, -0.2) is 21.0 Å². The van der Waals surface area contributed by atoms with Crippen molar-refractivity contribution in [2.24, 2.45) is 5.73 Å². The summed E-state index contributed by atoms with van der Waals surface area (Å²) in [6.07, 6.45) is 1.53. The van der Waals surface area contributed by atoms with Crippen LogP contribution < -0.4 is 11.1 Å². The maximum Gasteiger partial charge on any atom is 0.240 e. The number of nitrogens with two attached hydrogens (primary N) is 1. The van der Waals surface area contributed by atoms with Crippen LogP contribution in [0.5, 0.6) is 0 Å². The highest BCUT2D eigenvalue weighted by Crippen LogP contribution is 2.25. The third kappa shape index (κ3) is 5.09. The molecule has 0 fully saturated rings. The van der Waals surface area contributed by atoms with E-state index in [2.05, 4.69) is 29.8 Å². The lowest BCUT2D eigenvalue weighted by molar-refractivity contribution is -0.126. The van der Waals surface area contributed by atoms with Crippen LogP contribution in [0.3, 0.4) is 0 Å². The van der Waals surface area contributed by atoms with Crippen molar-refractivity contribution in [1.82, 2.24) is 14.9 Å². The molecule has 0 saturated heterocycles. The summed E-state index contributed by atoms with van der Waals surface area (Å²) in [6.45, 7) is 10.0. The minimum absolute atomic E-state index is 0. The van der Waals surface area contributed by atoms with Crippen molar-refractivity contribution in [3.8, 4) is 0 Å². The molecule has 0 radical (unpaired) electrons. The predicted octanol–water partition coefficient (Wildman–Crippen LogP) is 4.16. The van der Waals surface area contributed by atoms with E-state index >= 15 is 0 Å². The van der Waals surface area contributed by atoms with Crippen LogP contribution in [0.2, 0.25) is 0 Å². The highest BCUT2D eigenvalue weighted by molar-refractivity contribution is 5.86. The van der Waals surface area contributed by atoms with E-state index < -0.39 is 5.54 Å². The molecule has 2 unspecified atom stereocenters. The van der Waals surface area contributed by atoms with Crippen molar-refractivity contribution in [1.29, 1.82) is 0 Å².